The van der Waals surface area contributed by atoms with E-state index in [1.807, 2.05) is 18.2 Å². The zero-order valence-electron chi connectivity index (χ0n) is 10.0. The zero-order chi connectivity index (χ0) is 13.0. The summed E-state index contributed by atoms with van der Waals surface area (Å²) in [4.78, 5) is 12.6. The molecule has 1 heterocycles. The zero-order valence-corrected chi connectivity index (χ0v) is 10.8. The summed E-state index contributed by atoms with van der Waals surface area (Å²) in [6, 6.07) is 7.40. The lowest BCUT2D eigenvalue weighted by atomic mass is 10.3. The fourth-order valence-corrected chi connectivity index (χ4v) is 2.25. The second-order valence-electron chi connectivity index (χ2n) is 4.40. The van der Waals surface area contributed by atoms with Gasteiger partial charge in [-0.15, -0.1) is 0 Å². The van der Waals surface area contributed by atoms with Gasteiger partial charge >= 0.3 is 5.97 Å². The van der Waals surface area contributed by atoms with E-state index in [9.17, 15) is 4.79 Å². The first-order valence-corrected chi connectivity index (χ1v) is 6.38. The van der Waals surface area contributed by atoms with E-state index in [4.69, 9.17) is 21.4 Å². The number of likely N-dealkylation sites (tertiary alicyclic amines) is 1. The van der Waals surface area contributed by atoms with E-state index in [0.29, 0.717) is 17.3 Å². The number of carboxylic acid groups (broad SMARTS) is 1. The van der Waals surface area contributed by atoms with Crippen molar-refractivity contribution < 1.29 is 14.6 Å². The summed E-state index contributed by atoms with van der Waals surface area (Å²) in [6.07, 6.45) is 1.18. The molecule has 0 spiro atoms. The third-order valence-electron chi connectivity index (χ3n) is 3.00. The van der Waals surface area contributed by atoms with Gasteiger partial charge in [-0.25, -0.2) is 0 Å². The number of halogens is 1. The maximum absolute atomic E-state index is 10.5. The van der Waals surface area contributed by atoms with Crippen LogP contribution in [0, 0.1) is 0 Å². The quantitative estimate of drug-likeness (QED) is 0.891. The largest absolute Gasteiger partial charge is 0.487 e. The van der Waals surface area contributed by atoms with Crippen LogP contribution in [0.3, 0.4) is 0 Å². The molecule has 1 aromatic carbocycles. The summed E-state index contributed by atoms with van der Waals surface area (Å²) in [5.74, 6) is -0.0604. The van der Waals surface area contributed by atoms with Crippen molar-refractivity contribution in [3.63, 3.8) is 0 Å². The molecule has 4 nitrogen and oxygen atoms in total. The van der Waals surface area contributed by atoms with Gasteiger partial charge in [0.25, 0.3) is 0 Å². The van der Waals surface area contributed by atoms with E-state index in [-0.39, 0.29) is 12.5 Å². The van der Waals surface area contributed by atoms with Gasteiger partial charge in [0.05, 0.1) is 11.4 Å². The third kappa shape index (κ3) is 3.62. The highest BCUT2D eigenvalue weighted by atomic mass is 35.5. The van der Waals surface area contributed by atoms with Crippen LogP contribution < -0.4 is 4.74 Å². The van der Waals surface area contributed by atoms with Crippen LogP contribution in [0.1, 0.15) is 12.8 Å². The summed E-state index contributed by atoms with van der Waals surface area (Å²) in [6.45, 7) is 2.22. The number of aliphatic carboxylic acids is 1. The molecule has 1 atom stereocenters. The Balaban J connectivity index is 1.83. The smallest absolute Gasteiger partial charge is 0.304 e. The molecule has 1 fully saturated rings. The first kappa shape index (κ1) is 13.2. The van der Waals surface area contributed by atoms with Crippen LogP contribution in [0.15, 0.2) is 24.3 Å². The van der Waals surface area contributed by atoms with Gasteiger partial charge in [-0.05, 0) is 18.6 Å². The summed E-state index contributed by atoms with van der Waals surface area (Å²) in [7, 11) is 0. The van der Waals surface area contributed by atoms with Gasteiger partial charge in [0, 0.05) is 19.6 Å². The molecular formula is C13H16ClNO3. The lowest BCUT2D eigenvalue weighted by molar-refractivity contribution is -0.137. The number of ether oxygens (including phenoxy) is 1. The highest BCUT2D eigenvalue weighted by Crippen LogP contribution is 2.26. The molecular weight excluding hydrogens is 254 g/mol. The Hall–Kier alpha value is -1.26. The van der Waals surface area contributed by atoms with Crippen molar-refractivity contribution in [1.82, 2.24) is 4.90 Å². The molecule has 5 heteroatoms. The molecule has 2 rings (SSSR count). The number of carbonyl (C=O) groups is 1. The lowest BCUT2D eigenvalue weighted by Gasteiger charge is -2.16. The SMILES string of the molecule is O=C(O)CCN1CCC(Oc2ccccc2Cl)C1. The summed E-state index contributed by atoms with van der Waals surface area (Å²) < 4.78 is 5.82. The number of para-hydroxylation sites is 1. The van der Waals surface area contributed by atoms with Crippen molar-refractivity contribution in [3.8, 4) is 5.75 Å². The first-order valence-electron chi connectivity index (χ1n) is 6.00. The van der Waals surface area contributed by atoms with Crippen molar-refractivity contribution in [1.29, 1.82) is 0 Å². The molecule has 1 aromatic rings. The molecule has 18 heavy (non-hydrogen) atoms. The number of nitrogens with zero attached hydrogens (tertiary/aromatic N) is 1. The normalized spacial score (nSPS) is 19.9. The summed E-state index contributed by atoms with van der Waals surface area (Å²) >= 11 is 6.03. The molecule has 0 aromatic heterocycles. The van der Waals surface area contributed by atoms with E-state index in [2.05, 4.69) is 4.90 Å². The second kappa shape index (κ2) is 6.07. The number of rotatable bonds is 5. The number of hydrogen-bond acceptors (Lipinski definition) is 3. The highest BCUT2D eigenvalue weighted by molar-refractivity contribution is 6.32. The van der Waals surface area contributed by atoms with Crippen LogP contribution in [-0.2, 0) is 4.79 Å². The molecule has 1 unspecified atom stereocenters. The lowest BCUT2D eigenvalue weighted by Crippen LogP contribution is -2.27. The Morgan fingerprint density at radius 1 is 1.50 bits per heavy atom. The van der Waals surface area contributed by atoms with Crippen LogP contribution in [0.25, 0.3) is 0 Å². The Morgan fingerprint density at radius 3 is 3.00 bits per heavy atom. The van der Waals surface area contributed by atoms with E-state index >= 15 is 0 Å². The molecule has 1 N–H and O–H groups in total. The van der Waals surface area contributed by atoms with Gasteiger partial charge in [0.1, 0.15) is 11.9 Å². The van der Waals surface area contributed by atoms with Gasteiger partial charge in [-0.2, -0.15) is 0 Å². The van der Waals surface area contributed by atoms with Crippen molar-refractivity contribution >= 4 is 17.6 Å². The number of hydrogen-bond donors (Lipinski definition) is 1. The van der Waals surface area contributed by atoms with Gasteiger partial charge in [0.2, 0.25) is 0 Å². The minimum absolute atomic E-state index is 0.0960. The van der Waals surface area contributed by atoms with Gasteiger partial charge in [0.15, 0.2) is 0 Å². The van der Waals surface area contributed by atoms with E-state index in [1.165, 1.54) is 0 Å². The third-order valence-corrected chi connectivity index (χ3v) is 3.31. The second-order valence-corrected chi connectivity index (χ2v) is 4.81. The Morgan fingerprint density at radius 2 is 2.28 bits per heavy atom. The minimum atomic E-state index is -0.759. The van der Waals surface area contributed by atoms with Crippen LogP contribution in [-0.4, -0.2) is 41.7 Å². The fourth-order valence-electron chi connectivity index (χ4n) is 2.07. The van der Waals surface area contributed by atoms with Crippen LogP contribution in [0.5, 0.6) is 5.75 Å². The summed E-state index contributed by atoms with van der Waals surface area (Å²) in [5, 5.41) is 9.25. The standard InChI is InChI=1S/C13H16ClNO3/c14-11-3-1-2-4-12(11)18-10-5-7-15(9-10)8-6-13(16)17/h1-4,10H,5-9H2,(H,16,17). The van der Waals surface area contributed by atoms with Crippen LogP contribution in [0.4, 0.5) is 0 Å². The molecule has 1 aliphatic rings. The molecule has 0 bridgehead atoms. The summed E-state index contributed by atoms with van der Waals surface area (Å²) in [5.41, 5.74) is 0. The van der Waals surface area contributed by atoms with Gasteiger partial charge in [-0.1, -0.05) is 23.7 Å². The molecule has 1 saturated heterocycles. The predicted molar refractivity (Wildman–Crippen MR) is 69.2 cm³/mol. The van der Waals surface area contributed by atoms with Crippen LogP contribution in [0.2, 0.25) is 5.02 Å². The Kier molecular flexibility index (Phi) is 4.44. The number of carboxylic acids is 1. The topological polar surface area (TPSA) is 49.8 Å². The maximum Gasteiger partial charge on any atom is 0.304 e. The monoisotopic (exact) mass is 269 g/mol. The van der Waals surface area contributed by atoms with E-state index in [0.717, 1.165) is 19.5 Å². The van der Waals surface area contributed by atoms with E-state index in [1.54, 1.807) is 6.07 Å². The maximum atomic E-state index is 10.5. The molecule has 0 saturated carbocycles. The van der Waals surface area contributed by atoms with Crippen molar-refractivity contribution in [2.75, 3.05) is 19.6 Å². The van der Waals surface area contributed by atoms with Gasteiger partial charge < -0.3 is 9.84 Å². The molecule has 0 amide bonds. The van der Waals surface area contributed by atoms with Crippen molar-refractivity contribution in [2.24, 2.45) is 0 Å². The number of benzene rings is 1. The van der Waals surface area contributed by atoms with Crippen LogP contribution >= 0.6 is 11.6 Å². The average Bonchev–Trinajstić information content (AvgIpc) is 2.77. The molecule has 0 aliphatic carbocycles. The highest BCUT2D eigenvalue weighted by Gasteiger charge is 2.24. The molecule has 98 valence electrons. The van der Waals surface area contributed by atoms with Gasteiger partial charge in [-0.3, -0.25) is 9.69 Å². The average molecular weight is 270 g/mol. The minimum Gasteiger partial charge on any atom is -0.487 e. The molecule has 1 aliphatic heterocycles. The van der Waals surface area contributed by atoms with Crippen molar-refractivity contribution in [3.05, 3.63) is 29.3 Å². The predicted octanol–water partition coefficient (Wildman–Crippen LogP) is 2.27. The first-order chi connectivity index (χ1) is 8.65. The fraction of sp³-hybridized carbons (Fsp3) is 0.462. The molecule has 0 radical (unpaired) electrons. The van der Waals surface area contributed by atoms with E-state index < -0.39 is 5.97 Å². The van der Waals surface area contributed by atoms with Crippen molar-refractivity contribution in [2.45, 2.75) is 18.9 Å². The Labute approximate surface area is 111 Å². The Bertz CT molecular complexity index is 424.